The zero-order valence-electron chi connectivity index (χ0n) is 15.5. The highest BCUT2D eigenvalue weighted by Crippen LogP contribution is 2.48. The molecule has 1 amide bonds. The Labute approximate surface area is 155 Å². The van der Waals surface area contributed by atoms with Crippen LogP contribution in [0.4, 0.5) is 0 Å². The molecule has 0 bridgehead atoms. The number of benzene rings is 2. The van der Waals surface area contributed by atoms with Gasteiger partial charge in [0.1, 0.15) is 0 Å². The van der Waals surface area contributed by atoms with Crippen LogP contribution in [0.5, 0.6) is 0 Å². The van der Waals surface area contributed by atoms with E-state index in [9.17, 15) is 9.90 Å². The van der Waals surface area contributed by atoms with E-state index in [0.29, 0.717) is 12.3 Å². The third-order valence-electron chi connectivity index (χ3n) is 5.30. The quantitative estimate of drug-likeness (QED) is 0.716. The number of nitrogens with two attached hydrogens (primary N) is 1. The first-order valence-electron chi connectivity index (χ1n) is 9.28. The summed E-state index contributed by atoms with van der Waals surface area (Å²) in [6, 6.07) is 15.9. The van der Waals surface area contributed by atoms with Gasteiger partial charge in [-0.25, -0.2) is 0 Å². The highest BCUT2D eigenvalue weighted by atomic mass is 16.3. The van der Waals surface area contributed by atoms with E-state index >= 15 is 0 Å². The summed E-state index contributed by atoms with van der Waals surface area (Å²) >= 11 is 0. The van der Waals surface area contributed by atoms with Crippen LogP contribution in [0.15, 0.2) is 48.5 Å². The van der Waals surface area contributed by atoms with Crippen molar-refractivity contribution in [1.29, 1.82) is 0 Å². The van der Waals surface area contributed by atoms with E-state index in [1.807, 2.05) is 37.3 Å². The van der Waals surface area contributed by atoms with E-state index in [-0.39, 0.29) is 18.4 Å². The van der Waals surface area contributed by atoms with E-state index in [4.69, 9.17) is 5.73 Å². The van der Waals surface area contributed by atoms with Crippen molar-refractivity contribution >= 4 is 5.91 Å². The molecule has 2 aromatic rings. The maximum absolute atomic E-state index is 12.3. The summed E-state index contributed by atoms with van der Waals surface area (Å²) in [6.45, 7) is 4.32. The molecule has 0 aromatic heterocycles. The normalized spacial score (nSPS) is 21.1. The molecule has 0 heterocycles. The lowest BCUT2D eigenvalue weighted by molar-refractivity contribution is -0.123. The van der Waals surface area contributed by atoms with Crippen LogP contribution in [-0.2, 0) is 11.2 Å². The minimum atomic E-state index is -0.614. The van der Waals surface area contributed by atoms with Gasteiger partial charge in [-0.3, -0.25) is 4.79 Å². The Morgan fingerprint density at radius 2 is 1.96 bits per heavy atom. The number of rotatable bonds is 7. The highest BCUT2D eigenvalue weighted by molar-refractivity contribution is 5.82. The Balaban J connectivity index is 1.46. The molecule has 2 aromatic carbocycles. The first-order valence-corrected chi connectivity index (χ1v) is 9.28. The monoisotopic (exact) mass is 352 g/mol. The highest BCUT2D eigenvalue weighted by Gasteiger charge is 2.45. The molecule has 1 saturated carbocycles. The summed E-state index contributed by atoms with van der Waals surface area (Å²) in [5.41, 5.74) is 10.9. The van der Waals surface area contributed by atoms with Crippen LogP contribution in [0, 0.1) is 19.8 Å². The molecule has 4 unspecified atom stereocenters. The standard InChI is InChI=1S/C22H28N2O2/c1-14-8-9-17(15(2)10-14)11-18(25)13-24-22(26)21(23)20-12-19(20)16-6-4-3-5-7-16/h3-10,18-21,25H,11-13,23H2,1-2H3,(H,24,26). The Morgan fingerprint density at radius 1 is 1.23 bits per heavy atom. The minimum absolute atomic E-state index is 0.173. The number of hydrogen-bond acceptors (Lipinski definition) is 3. The second-order valence-electron chi connectivity index (χ2n) is 7.48. The van der Waals surface area contributed by atoms with Gasteiger partial charge in [-0.2, -0.15) is 0 Å². The molecule has 0 spiro atoms. The molecule has 1 aliphatic carbocycles. The van der Waals surface area contributed by atoms with Gasteiger partial charge in [-0.15, -0.1) is 0 Å². The third-order valence-corrected chi connectivity index (χ3v) is 5.30. The fraction of sp³-hybridized carbons (Fsp3) is 0.409. The van der Waals surface area contributed by atoms with Gasteiger partial charge in [-0.05, 0) is 48.8 Å². The molecular weight excluding hydrogens is 324 g/mol. The van der Waals surface area contributed by atoms with Crippen molar-refractivity contribution in [2.24, 2.45) is 11.7 Å². The van der Waals surface area contributed by atoms with Gasteiger partial charge in [0.15, 0.2) is 0 Å². The van der Waals surface area contributed by atoms with E-state index in [2.05, 4.69) is 30.4 Å². The van der Waals surface area contributed by atoms with Crippen LogP contribution in [0.25, 0.3) is 0 Å². The largest absolute Gasteiger partial charge is 0.391 e. The lowest BCUT2D eigenvalue weighted by Gasteiger charge is -2.16. The van der Waals surface area contributed by atoms with E-state index < -0.39 is 12.1 Å². The third kappa shape index (κ3) is 4.51. The molecule has 3 rings (SSSR count). The molecule has 4 heteroatoms. The van der Waals surface area contributed by atoms with Crippen LogP contribution in [-0.4, -0.2) is 29.7 Å². The average molecular weight is 352 g/mol. The van der Waals surface area contributed by atoms with E-state index in [1.165, 1.54) is 11.1 Å². The van der Waals surface area contributed by atoms with Crippen LogP contribution in [0.1, 0.15) is 34.6 Å². The van der Waals surface area contributed by atoms with Crippen LogP contribution >= 0.6 is 0 Å². The van der Waals surface area contributed by atoms with Crippen LogP contribution in [0.3, 0.4) is 0 Å². The van der Waals surface area contributed by atoms with Crippen LogP contribution < -0.4 is 11.1 Å². The second kappa shape index (κ2) is 8.02. The van der Waals surface area contributed by atoms with Gasteiger partial charge in [0.05, 0.1) is 12.1 Å². The van der Waals surface area contributed by atoms with Crippen LogP contribution in [0.2, 0.25) is 0 Å². The maximum Gasteiger partial charge on any atom is 0.237 e. The van der Waals surface area contributed by atoms with Crippen molar-refractivity contribution in [2.45, 2.75) is 44.8 Å². The molecule has 4 N–H and O–H groups in total. The summed E-state index contributed by atoms with van der Waals surface area (Å²) in [5.74, 6) is 0.388. The van der Waals surface area contributed by atoms with Crippen molar-refractivity contribution < 1.29 is 9.90 Å². The molecule has 0 radical (unpaired) electrons. The average Bonchev–Trinajstić information content (AvgIpc) is 3.43. The number of aliphatic hydroxyl groups is 1. The van der Waals surface area contributed by atoms with Crippen molar-refractivity contribution in [3.63, 3.8) is 0 Å². The Kier molecular flexibility index (Phi) is 5.74. The van der Waals surface area contributed by atoms with Gasteiger partial charge in [0, 0.05) is 13.0 Å². The molecule has 4 atom stereocenters. The predicted molar refractivity (Wildman–Crippen MR) is 104 cm³/mol. The Morgan fingerprint density at radius 3 is 2.65 bits per heavy atom. The molecule has 0 aliphatic heterocycles. The zero-order valence-corrected chi connectivity index (χ0v) is 15.5. The minimum Gasteiger partial charge on any atom is -0.391 e. The summed E-state index contributed by atoms with van der Waals surface area (Å²) in [5, 5.41) is 13.1. The summed E-state index contributed by atoms with van der Waals surface area (Å²) < 4.78 is 0. The lowest BCUT2D eigenvalue weighted by Crippen LogP contribution is -2.45. The van der Waals surface area contributed by atoms with Crippen molar-refractivity contribution in [3.05, 3.63) is 70.8 Å². The molecule has 0 saturated heterocycles. The molecule has 26 heavy (non-hydrogen) atoms. The fourth-order valence-corrected chi connectivity index (χ4v) is 3.63. The summed E-state index contributed by atoms with van der Waals surface area (Å²) in [7, 11) is 0. The smallest absolute Gasteiger partial charge is 0.237 e. The van der Waals surface area contributed by atoms with Crippen molar-refractivity contribution in [2.75, 3.05) is 6.54 Å². The van der Waals surface area contributed by atoms with E-state index in [1.54, 1.807) is 0 Å². The number of carbonyl (C=O) groups is 1. The molecule has 138 valence electrons. The van der Waals surface area contributed by atoms with Gasteiger partial charge < -0.3 is 16.2 Å². The Hall–Kier alpha value is -2.17. The Bertz CT molecular complexity index is 760. The topological polar surface area (TPSA) is 75.3 Å². The first-order chi connectivity index (χ1) is 12.5. The number of amides is 1. The van der Waals surface area contributed by atoms with Gasteiger partial charge >= 0.3 is 0 Å². The predicted octanol–water partition coefficient (Wildman–Crippen LogP) is 2.45. The van der Waals surface area contributed by atoms with E-state index in [0.717, 1.165) is 17.5 Å². The first kappa shape index (κ1) is 18.6. The zero-order chi connectivity index (χ0) is 18.7. The number of hydrogen-bond donors (Lipinski definition) is 3. The number of nitrogens with one attached hydrogen (secondary N) is 1. The lowest BCUT2D eigenvalue weighted by atomic mass is 10.0. The van der Waals surface area contributed by atoms with Gasteiger partial charge in [0.25, 0.3) is 0 Å². The molecule has 1 aliphatic rings. The number of aliphatic hydroxyl groups excluding tert-OH is 1. The molecule has 4 nitrogen and oxygen atoms in total. The second-order valence-corrected chi connectivity index (χ2v) is 7.48. The summed E-state index contributed by atoms with van der Waals surface area (Å²) in [4.78, 5) is 12.3. The fourth-order valence-electron chi connectivity index (χ4n) is 3.63. The van der Waals surface area contributed by atoms with Crippen molar-refractivity contribution in [3.8, 4) is 0 Å². The van der Waals surface area contributed by atoms with Gasteiger partial charge in [0.2, 0.25) is 5.91 Å². The number of aryl methyl sites for hydroxylation is 2. The molecule has 1 fully saturated rings. The van der Waals surface area contributed by atoms with Gasteiger partial charge in [-0.1, -0.05) is 54.1 Å². The number of carbonyl (C=O) groups excluding carboxylic acids is 1. The molecular formula is C22H28N2O2. The summed E-state index contributed by atoms with van der Waals surface area (Å²) in [6.07, 6.45) is 0.859. The SMILES string of the molecule is Cc1ccc(CC(O)CNC(=O)C(N)C2CC2c2ccccc2)c(C)c1. The van der Waals surface area contributed by atoms with Crippen molar-refractivity contribution in [1.82, 2.24) is 5.32 Å². The maximum atomic E-state index is 12.3.